The van der Waals surface area contributed by atoms with Gasteiger partial charge in [0.1, 0.15) is 0 Å². The Labute approximate surface area is 80.5 Å². The van der Waals surface area contributed by atoms with Crippen LogP contribution in [-0.4, -0.2) is 3.71 Å². The van der Waals surface area contributed by atoms with E-state index in [2.05, 4.69) is 9.78 Å². The average molecular weight is 230 g/mol. The SMILES string of the molecule is Clc1cccc(C[CH]=[Zr+2])c1. The van der Waals surface area contributed by atoms with Crippen molar-refractivity contribution in [3.8, 4) is 0 Å². The maximum absolute atomic E-state index is 5.77. The van der Waals surface area contributed by atoms with Gasteiger partial charge >= 0.3 is 80.8 Å². The van der Waals surface area contributed by atoms with Crippen molar-refractivity contribution in [1.82, 2.24) is 0 Å². The summed E-state index contributed by atoms with van der Waals surface area (Å²) >= 11 is 7.24. The number of halogens is 1. The Balaban J connectivity index is 2.84. The molecule has 0 aliphatic heterocycles. The standard InChI is InChI=1S/C8H7Cl.Zr/c1-2-7-4-3-5-8(9)6-7;/h1,3-6H,2H2;/q;+2. The zero-order valence-electron chi connectivity index (χ0n) is 5.47. The molecule has 0 atom stereocenters. The predicted molar refractivity (Wildman–Crippen MR) is 41.2 cm³/mol. The molecule has 0 saturated heterocycles. The van der Waals surface area contributed by atoms with E-state index in [1.54, 1.807) is 0 Å². The summed E-state index contributed by atoms with van der Waals surface area (Å²) in [7, 11) is 0. The second kappa shape index (κ2) is 4.21. The van der Waals surface area contributed by atoms with Crippen LogP contribution in [0.5, 0.6) is 0 Å². The summed E-state index contributed by atoms with van der Waals surface area (Å²) in [5.41, 5.74) is 1.30. The first kappa shape index (κ1) is 8.36. The van der Waals surface area contributed by atoms with E-state index < -0.39 is 0 Å². The first-order chi connectivity index (χ1) is 4.83. The Morgan fingerprint density at radius 1 is 1.50 bits per heavy atom. The van der Waals surface area contributed by atoms with Crippen LogP contribution in [0.1, 0.15) is 5.56 Å². The molecule has 1 aromatic rings. The van der Waals surface area contributed by atoms with Gasteiger partial charge in [0.15, 0.2) is 0 Å². The van der Waals surface area contributed by atoms with Crippen molar-refractivity contribution in [2.75, 3.05) is 0 Å². The molecular formula is C8H7ClZr+2. The maximum atomic E-state index is 5.77. The first-order valence-electron chi connectivity index (χ1n) is 3.06. The van der Waals surface area contributed by atoms with Crippen molar-refractivity contribution in [1.29, 1.82) is 0 Å². The van der Waals surface area contributed by atoms with Crippen molar-refractivity contribution in [3.05, 3.63) is 34.9 Å². The van der Waals surface area contributed by atoms with E-state index >= 15 is 0 Å². The molecule has 0 aliphatic carbocycles. The summed E-state index contributed by atoms with van der Waals surface area (Å²) < 4.78 is 2.21. The molecule has 0 unspecified atom stereocenters. The Hall–Kier alpha value is 0.263. The molecular weight excluding hydrogens is 223 g/mol. The van der Waals surface area contributed by atoms with E-state index in [-0.39, 0.29) is 0 Å². The summed E-state index contributed by atoms with van der Waals surface area (Å²) in [4.78, 5) is 0. The van der Waals surface area contributed by atoms with Crippen LogP contribution in [0.25, 0.3) is 0 Å². The number of benzene rings is 1. The Morgan fingerprint density at radius 2 is 2.30 bits per heavy atom. The van der Waals surface area contributed by atoms with Crippen LogP contribution in [0, 0.1) is 0 Å². The summed E-state index contributed by atoms with van der Waals surface area (Å²) in [6.45, 7) is 0. The van der Waals surface area contributed by atoms with Crippen molar-refractivity contribution in [3.63, 3.8) is 0 Å². The Morgan fingerprint density at radius 3 is 2.90 bits per heavy atom. The third-order valence-electron chi connectivity index (χ3n) is 1.23. The van der Waals surface area contributed by atoms with Crippen LogP contribution in [0.2, 0.25) is 5.02 Å². The number of hydrogen-bond donors (Lipinski definition) is 0. The van der Waals surface area contributed by atoms with E-state index in [4.69, 9.17) is 11.6 Å². The minimum atomic E-state index is 0.829. The van der Waals surface area contributed by atoms with Crippen molar-refractivity contribution >= 4 is 15.3 Å². The van der Waals surface area contributed by atoms with Crippen LogP contribution < -0.4 is 0 Å². The molecule has 0 radical (unpaired) electrons. The third-order valence-corrected chi connectivity index (χ3v) is 1.96. The summed E-state index contributed by atoms with van der Waals surface area (Å²) in [5, 5.41) is 0.829. The van der Waals surface area contributed by atoms with Crippen LogP contribution in [0.15, 0.2) is 24.3 Å². The van der Waals surface area contributed by atoms with Gasteiger partial charge in [-0.1, -0.05) is 0 Å². The summed E-state index contributed by atoms with van der Waals surface area (Å²) in [5.74, 6) is 0. The second-order valence-electron chi connectivity index (χ2n) is 2.04. The molecule has 0 aliphatic rings. The van der Waals surface area contributed by atoms with Crippen LogP contribution in [0.3, 0.4) is 0 Å². The normalized spacial score (nSPS) is 9.50. The Bertz CT molecular complexity index is 232. The molecule has 0 saturated carbocycles. The Kier molecular flexibility index (Phi) is 3.52. The zero-order chi connectivity index (χ0) is 7.40. The van der Waals surface area contributed by atoms with Gasteiger partial charge in [-0.15, -0.1) is 0 Å². The molecule has 0 fully saturated rings. The predicted octanol–water partition coefficient (Wildman–Crippen LogP) is 2.23. The van der Waals surface area contributed by atoms with Crippen LogP contribution >= 0.6 is 11.6 Å². The van der Waals surface area contributed by atoms with E-state index in [1.807, 2.05) is 18.2 Å². The van der Waals surface area contributed by atoms with Gasteiger partial charge in [0.2, 0.25) is 0 Å². The van der Waals surface area contributed by atoms with E-state index in [0.29, 0.717) is 0 Å². The molecule has 0 bridgehead atoms. The fraction of sp³-hybridized carbons (Fsp3) is 0.125. The van der Waals surface area contributed by atoms with Gasteiger partial charge in [0.05, 0.1) is 0 Å². The van der Waals surface area contributed by atoms with E-state index in [0.717, 1.165) is 11.4 Å². The molecule has 0 heterocycles. The fourth-order valence-electron chi connectivity index (χ4n) is 0.782. The molecule has 1 aromatic carbocycles. The molecule has 48 valence electrons. The first-order valence-corrected chi connectivity index (χ1v) is 4.86. The molecule has 0 nitrogen and oxygen atoms in total. The number of rotatable bonds is 2. The van der Waals surface area contributed by atoms with Gasteiger partial charge < -0.3 is 0 Å². The quantitative estimate of drug-likeness (QED) is 0.730. The molecule has 2 heteroatoms. The van der Waals surface area contributed by atoms with Crippen molar-refractivity contribution in [2.45, 2.75) is 6.42 Å². The molecule has 0 spiro atoms. The molecule has 0 amide bonds. The van der Waals surface area contributed by atoms with Crippen LogP contribution in [0.4, 0.5) is 0 Å². The molecule has 10 heavy (non-hydrogen) atoms. The van der Waals surface area contributed by atoms with Crippen molar-refractivity contribution in [2.24, 2.45) is 0 Å². The molecule has 0 N–H and O–H groups in total. The van der Waals surface area contributed by atoms with Gasteiger partial charge in [0, 0.05) is 0 Å². The third kappa shape index (κ3) is 2.48. The fourth-order valence-corrected chi connectivity index (χ4v) is 1.57. The summed E-state index contributed by atoms with van der Waals surface area (Å²) in [6, 6.07) is 7.97. The average Bonchev–Trinajstić information content (AvgIpc) is 1.88. The van der Waals surface area contributed by atoms with Gasteiger partial charge in [0.25, 0.3) is 0 Å². The molecule has 0 aromatic heterocycles. The number of hydrogen-bond acceptors (Lipinski definition) is 0. The van der Waals surface area contributed by atoms with Gasteiger partial charge in [-0.3, -0.25) is 0 Å². The van der Waals surface area contributed by atoms with Crippen molar-refractivity contribution < 1.29 is 24.2 Å². The van der Waals surface area contributed by atoms with Gasteiger partial charge in [-0.25, -0.2) is 0 Å². The zero-order valence-corrected chi connectivity index (χ0v) is 8.69. The molecule has 1 rings (SSSR count). The topological polar surface area (TPSA) is 0 Å². The summed E-state index contributed by atoms with van der Waals surface area (Å²) in [6.07, 6.45) is 1.04. The van der Waals surface area contributed by atoms with Gasteiger partial charge in [-0.05, 0) is 0 Å². The van der Waals surface area contributed by atoms with E-state index in [9.17, 15) is 0 Å². The van der Waals surface area contributed by atoms with Gasteiger partial charge in [-0.2, -0.15) is 0 Å². The van der Waals surface area contributed by atoms with Crippen LogP contribution in [-0.2, 0) is 30.7 Å². The minimum absolute atomic E-state index is 0.829. The van der Waals surface area contributed by atoms with E-state index in [1.165, 1.54) is 29.8 Å². The monoisotopic (exact) mass is 228 g/mol. The second-order valence-corrected chi connectivity index (χ2v) is 3.48.